The first kappa shape index (κ1) is 63.9. The maximum atomic E-state index is 15.1. The van der Waals surface area contributed by atoms with Crippen molar-refractivity contribution in [2.24, 2.45) is 0 Å². The Bertz CT molecular complexity index is 1320. The first-order valence-electron chi connectivity index (χ1n) is 28.1. The molecule has 0 saturated heterocycles. The Morgan fingerprint density at radius 1 is 0.493 bits per heavy atom. The van der Waals surface area contributed by atoms with Crippen molar-refractivity contribution < 1.29 is 37.2 Å². The lowest BCUT2D eigenvalue weighted by molar-refractivity contribution is -0.0647. The number of rotatable bonds is 46. The third-order valence-electron chi connectivity index (χ3n) is 13.4. The van der Waals surface area contributed by atoms with Crippen LogP contribution in [0.25, 0.3) is 0 Å². The van der Waals surface area contributed by atoms with E-state index in [-0.39, 0.29) is 43.7 Å². The first-order valence-corrected chi connectivity index (χ1v) is 31.3. The molecule has 4 amide bonds. The zero-order chi connectivity index (χ0) is 50.3. The fraction of sp³-hybridized carbons (Fsp3) is 0.889. The molecule has 0 fully saturated rings. The molecule has 4 atom stereocenters. The summed E-state index contributed by atoms with van der Waals surface area (Å²) < 4.78 is 45.5. The van der Waals surface area contributed by atoms with Gasteiger partial charge in [-0.15, -0.1) is 0 Å². The summed E-state index contributed by atoms with van der Waals surface area (Å²) in [4.78, 5) is 30.7. The topological polar surface area (TPSA) is 128 Å². The normalized spacial score (nSPS) is 19.6. The molecule has 12 nitrogen and oxygen atoms in total. The van der Waals surface area contributed by atoms with Crippen molar-refractivity contribution >= 4 is 43.4 Å². The molecule has 404 valence electrons. The molecule has 2 aliphatic heterocycles. The number of ether oxygens (including phenoxy) is 2. The van der Waals surface area contributed by atoms with E-state index in [9.17, 15) is 9.59 Å². The maximum absolute atomic E-state index is 15.1. The number of carbonyl (C=O) groups is 2. The first-order chi connectivity index (χ1) is 33.5. The molecule has 0 bridgehead atoms. The number of phosphoric acid groups is 1. The molecule has 0 spiro atoms. The van der Waals surface area contributed by atoms with Gasteiger partial charge in [-0.1, -0.05) is 230 Å². The van der Waals surface area contributed by atoms with Crippen LogP contribution < -0.4 is 10.6 Å². The molecule has 15 heteroatoms. The molecule has 2 rings (SSSR count). The minimum atomic E-state index is -4.54. The second-order valence-corrected chi connectivity index (χ2v) is 23.4. The van der Waals surface area contributed by atoms with Gasteiger partial charge in [0.1, 0.15) is 0 Å². The van der Waals surface area contributed by atoms with Gasteiger partial charge in [-0.25, -0.2) is 23.2 Å². The minimum absolute atomic E-state index is 0.00378. The lowest BCUT2D eigenvalue weighted by Gasteiger charge is -2.43. The molecule has 0 aromatic rings. The van der Waals surface area contributed by atoms with Crippen LogP contribution in [0.1, 0.15) is 253 Å². The number of thioether (sulfide) groups is 2. The van der Waals surface area contributed by atoms with Gasteiger partial charge in [0, 0.05) is 52.6 Å². The molecule has 0 aromatic carbocycles. The number of unbranched alkanes of at least 4 members (excludes halogenated alkanes) is 30. The highest BCUT2D eigenvalue weighted by Crippen LogP contribution is 2.63. The molecule has 2 N–H and O–H groups in total. The largest absolute Gasteiger partial charge is 0.480 e. The van der Waals surface area contributed by atoms with Crippen LogP contribution >= 0.6 is 31.3 Å². The van der Waals surface area contributed by atoms with E-state index in [2.05, 4.69) is 24.5 Å². The molecular formula is C54H103N4O8PS2. The molecular weight excluding hydrogens is 928 g/mol. The molecule has 2 aliphatic rings. The van der Waals surface area contributed by atoms with Crippen LogP contribution in [0, 0.1) is 0 Å². The van der Waals surface area contributed by atoms with Crippen molar-refractivity contribution in [2.75, 3.05) is 33.9 Å². The smallest absolute Gasteiger partial charge is 0.382 e. The van der Waals surface area contributed by atoms with Gasteiger partial charge < -0.3 is 20.1 Å². The predicted octanol–water partition coefficient (Wildman–Crippen LogP) is 17.3. The highest BCUT2D eigenvalue weighted by molar-refractivity contribution is 8.04. The number of phosphoric ester groups is 1. The van der Waals surface area contributed by atoms with Crippen molar-refractivity contribution in [3.05, 3.63) is 23.2 Å². The molecule has 4 unspecified atom stereocenters. The number of urea groups is 2. The van der Waals surface area contributed by atoms with Gasteiger partial charge in [0.25, 0.3) is 0 Å². The van der Waals surface area contributed by atoms with Gasteiger partial charge in [-0.2, -0.15) is 0 Å². The van der Waals surface area contributed by atoms with Crippen LogP contribution in [0.3, 0.4) is 0 Å². The van der Waals surface area contributed by atoms with Crippen molar-refractivity contribution in [1.82, 2.24) is 20.4 Å². The summed E-state index contributed by atoms with van der Waals surface area (Å²) in [6.07, 6.45) is 43.9. The Morgan fingerprint density at radius 2 is 0.768 bits per heavy atom. The number of nitrogens with zero attached hydrogens (tertiary/aromatic N) is 2. The fourth-order valence-electron chi connectivity index (χ4n) is 9.06. The Kier molecular flexibility index (Phi) is 37.2. The molecule has 0 radical (unpaired) electrons. The maximum Gasteiger partial charge on any atom is 0.480 e. The van der Waals surface area contributed by atoms with Crippen molar-refractivity contribution in [1.29, 1.82) is 0 Å². The second-order valence-electron chi connectivity index (χ2n) is 19.6. The fourth-order valence-corrected chi connectivity index (χ4v) is 13.4. The van der Waals surface area contributed by atoms with Gasteiger partial charge in [-0.3, -0.25) is 14.3 Å². The van der Waals surface area contributed by atoms with E-state index >= 15 is 4.57 Å². The van der Waals surface area contributed by atoms with E-state index in [1.165, 1.54) is 200 Å². The van der Waals surface area contributed by atoms with Gasteiger partial charge in [0.05, 0.1) is 18.8 Å². The molecule has 0 aromatic heterocycles. The number of nitrogens with one attached hydrogen (secondary N) is 2. The summed E-state index contributed by atoms with van der Waals surface area (Å²) in [7, 11) is -1.37. The molecule has 2 heterocycles. The van der Waals surface area contributed by atoms with Crippen molar-refractivity contribution in [3.8, 4) is 0 Å². The molecule has 69 heavy (non-hydrogen) atoms. The van der Waals surface area contributed by atoms with Crippen LogP contribution in [-0.2, 0) is 27.6 Å². The van der Waals surface area contributed by atoms with Crippen LogP contribution in [0.4, 0.5) is 9.59 Å². The zero-order valence-electron chi connectivity index (χ0n) is 45.1. The molecule has 0 saturated carbocycles. The zero-order valence-corrected chi connectivity index (χ0v) is 47.6. The van der Waals surface area contributed by atoms with Crippen LogP contribution in [-0.4, -0.2) is 78.1 Å². The minimum Gasteiger partial charge on any atom is -0.382 e. The SMILES string of the molecule is CCCCCCCCCCCCCCCCCCNC(=O)N1C=CSC1(CC(C)OC)OP(=O)(OCC)OC1(CC(C)OC)SC=CN1C(=O)NCCCCCCCCCCCCCCCCCC. The predicted molar refractivity (Wildman–Crippen MR) is 292 cm³/mol. The van der Waals surface area contributed by atoms with Crippen LogP contribution in [0.5, 0.6) is 0 Å². The number of amides is 4. The highest BCUT2D eigenvalue weighted by Gasteiger charge is 2.56. The lowest BCUT2D eigenvalue weighted by atomic mass is 10.0. The van der Waals surface area contributed by atoms with Crippen molar-refractivity contribution in [3.63, 3.8) is 0 Å². The van der Waals surface area contributed by atoms with Gasteiger partial charge >= 0.3 is 19.9 Å². The number of hydrogen-bond acceptors (Lipinski definition) is 10. The summed E-state index contributed by atoms with van der Waals surface area (Å²) >= 11 is 2.42. The second kappa shape index (κ2) is 40.2. The third kappa shape index (κ3) is 27.6. The average molecular weight is 1030 g/mol. The Morgan fingerprint density at radius 3 is 1.03 bits per heavy atom. The summed E-state index contributed by atoms with van der Waals surface area (Å²) in [5.74, 6) is 0. The monoisotopic (exact) mass is 1030 g/mol. The number of carbonyl (C=O) groups excluding carboxylic acids is 2. The summed E-state index contributed by atoms with van der Waals surface area (Å²) in [5.41, 5.74) is 0. The van der Waals surface area contributed by atoms with Gasteiger partial charge in [-0.05, 0) is 44.4 Å². The number of hydrogen-bond donors (Lipinski definition) is 2. The van der Waals surface area contributed by atoms with Crippen molar-refractivity contribution in [2.45, 2.75) is 275 Å². The highest BCUT2D eigenvalue weighted by atomic mass is 32.2. The standard InChI is InChI=1S/C54H103N4O8PS2/c1-8-11-13-15-17-19-21-23-25-27-29-31-33-35-37-39-41-55-51(59)57-43-45-68-53(57,47-49(4)62-6)65-67(61,64-10-3)66-54(48-50(5)63-7)58(44-46-69-54)52(60)56-42-40-38-36-34-32-30-28-26-24-22-20-18-16-14-12-9-2/h43-46,49-50H,8-42,47-48H2,1-7H3,(H,55,59)(H,56,60). The summed E-state index contributed by atoms with van der Waals surface area (Å²) in [5, 5.41) is 6.59. The van der Waals surface area contributed by atoms with E-state index in [0.29, 0.717) is 13.1 Å². The summed E-state index contributed by atoms with van der Waals surface area (Å²) in [6, 6.07) is -0.753. The van der Waals surface area contributed by atoms with Gasteiger partial charge in [0.15, 0.2) is 0 Å². The Balaban J connectivity index is 1.90. The van der Waals surface area contributed by atoms with Crippen LogP contribution in [0.2, 0.25) is 0 Å². The third-order valence-corrected chi connectivity index (χ3v) is 17.4. The Labute approximate surface area is 431 Å². The lowest BCUT2D eigenvalue weighted by Crippen LogP contribution is -2.53. The van der Waals surface area contributed by atoms with E-state index in [4.69, 9.17) is 23.0 Å². The Hall–Kier alpha value is -1.25. The van der Waals surface area contributed by atoms with E-state index in [1.807, 2.05) is 13.8 Å². The quantitative estimate of drug-likeness (QED) is 0.0449. The van der Waals surface area contributed by atoms with E-state index < -0.39 is 17.9 Å². The summed E-state index contributed by atoms with van der Waals surface area (Å²) in [6.45, 7) is 11.0. The average Bonchev–Trinajstić information content (AvgIpc) is 3.93. The van der Waals surface area contributed by atoms with E-state index in [0.717, 1.165) is 38.5 Å². The molecule has 0 aliphatic carbocycles. The number of methoxy groups -OCH3 is 2. The van der Waals surface area contributed by atoms with Crippen LogP contribution in [0.15, 0.2) is 23.2 Å². The van der Waals surface area contributed by atoms with E-state index in [1.54, 1.807) is 44.4 Å². The van der Waals surface area contributed by atoms with Gasteiger partial charge in [0.2, 0.25) is 10.1 Å².